The fourth-order valence-electron chi connectivity index (χ4n) is 2.51. The zero-order chi connectivity index (χ0) is 14.5. The lowest BCUT2D eigenvalue weighted by atomic mass is 10.1. The summed E-state index contributed by atoms with van der Waals surface area (Å²) in [6, 6.07) is 5.91. The van der Waals surface area contributed by atoms with Gasteiger partial charge >= 0.3 is 5.97 Å². The highest BCUT2D eigenvalue weighted by Gasteiger charge is 2.18. The van der Waals surface area contributed by atoms with Gasteiger partial charge in [0, 0.05) is 38.4 Å². The number of ether oxygens (including phenoxy) is 1. The number of piperazine rings is 1. The number of esters is 1. The van der Waals surface area contributed by atoms with Crippen LogP contribution in [0.3, 0.4) is 0 Å². The van der Waals surface area contributed by atoms with E-state index in [9.17, 15) is 4.79 Å². The zero-order valence-corrected chi connectivity index (χ0v) is 12.1. The Kier molecular flexibility index (Phi) is 4.98. The van der Waals surface area contributed by atoms with Gasteiger partial charge in [-0.15, -0.1) is 0 Å². The van der Waals surface area contributed by atoms with Crippen molar-refractivity contribution in [2.45, 2.75) is 6.92 Å². The molecule has 2 rings (SSSR count). The summed E-state index contributed by atoms with van der Waals surface area (Å²) in [4.78, 5) is 16.2. The lowest BCUT2D eigenvalue weighted by molar-refractivity contribution is 0.0600. The van der Waals surface area contributed by atoms with E-state index in [-0.39, 0.29) is 12.6 Å². The second-order valence-corrected chi connectivity index (χ2v) is 5.04. The van der Waals surface area contributed by atoms with Crippen LogP contribution in [0, 0.1) is 6.92 Å². The number of aryl methyl sites for hydroxylation is 1. The van der Waals surface area contributed by atoms with E-state index in [4.69, 9.17) is 9.84 Å². The van der Waals surface area contributed by atoms with E-state index in [1.54, 1.807) is 0 Å². The summed E-state index contributed by atoms with van der Waals surface area (Å²) < 4.78 is 4.81. The lowest BCUT2D eigenvalue weighted by Gasteiger charge is -2.36. The monoisotopic (exact) mass is 278 g/mol. The van der Waals surface area contributed by atoms with Crippen LogP contribution in [0.15, 0.2) is 18.2 Å². The van der Waals surface area contributed by atoms with Crippen LogP contribution in [0.4, 0.5) is 5.69 Å². The Morgan fingerprint density at radius 2 is 2.00 bits per heavy atom. The quantitative estimate of drug-likeness (QED) is 0.829. The van der Waals surface area contributed by atoms with Gasteiger partial charge in [0.05, 0.1) is 19.3 Å². The van der Waals surface area contributed by atoms with Gasteiger partial charge in [-0.05, 0) is 24.6 Å². The molecular weight excluding hydrogens is 256 g/mol. The van der Waals surface area contributed by atoms with Gasteiger partial charge in [0.15, 0.2) is 0 Å². The van der Waals surface area contributed by atoms with Crippen molar-refractivity contribution in [1.29, 1.82) is 0 Å². The highest BCUT2D eigenvalue weighted by molar-refractivity contribution is 5.92. The van der Waals surface area contributed by atoms with E-state index in [0.29, 0.717) is 5.56 Å². The molecule has 1 aromatic carbocycles. The van der Waals surface area contributed by atoms with Crippen LogP contribution in [0.2, 0.25) is 0 Å². The molecule has 5 heteroatoms. The molecule has 1 N–H and O–H groups in total. The molecule has 0 unspecified atom stereocenters. The number of anilines is 1. The van der Waals surface area contributed by atoms with Crippen LogP contribution < -0.4 is 4.90 Å². The van der Waals surface area contributed by atoms with E-state index < -0.39 is 0 Å². The molecular formula is C15H22N2O3. The number of carbonyl (C=O) groups is 1. The summed E-state index contributed by atoms with van der Waals surface area (Å²) in [6.07, 6.45) is 0. The third kappa shape index (κ3) is 3.29. The van der Waals surface area contributed by atoms with Crippen molar-refractivity contribution in [2.75, 3.05) is 51.3 Å². The van der Waals surface area contributed by atoms with Crippen LogP contribution in [0.1, 0.15) is 15.9 Å². The first kappa shape index (κ1) is 14.8. The van der Waals surface area contributed by atoms with Gasteiger partial charge < -0.3 is 14.7 Å². The Morgan fingerprint density at radius 1 is 1.30 bits per heavy atom. The van der Waals surface area contributed by atoms with Gasteiger partial charge in [0.1, 0.15) is 0 Å². The number of methoxy groups -OCH3 is 1. The second-order valence-electron chi connectivity index (χ2n) is 5.04. The Balaban J connectivity index is 2.08. The maximum absolute atomic E-state index is 11.7. The predicted molar refractivity (Wildman–Crippen MR) is 78.3 cm³/mol. The van der Waals surface area contributed by atoms with Gasteiger partial charge in [-0.2, -0.15) is 0 Å². The summed E-state index contributed by atoms with van der Waals surface area (Å²) >= 11 is 0. The molecule has 5 nitrogen and oxygen atoms in total. The number of β-amino-alcohol motifs (C(OH)–C–C–N with tert-alkyl or cyclic N) is 1. The Morgan fingerprint density at radius 3 is 2.60 bits per heavy atom. The largest absolute Gasteiger partial charge is 0.465 e. The molecule has 0 aromatic heterocycles. The predicted octanol–water partition coefficient (Wildman–Crippen LogP) is 0.896. The van der Waals surface area contributed by atoms with Gasteiger partial charge in [0.25, 0.3) is 0 Å². The Labute approximate surface area is 119 Å². The number of nitrogens with zero attached hydrogens (tertiary/aromatic N) is 2. The third-order valence-corrected chi connectivity index (χ3v) is 3.78. The first-order chi connectivity index (χ1) is 9.65. The van der Waals surface area contributed by atoms with E-state index in [0.717, 1.165) is 44.0 Å². The van der Waals surface area contributed by atoms with Crippen LogP contribution in [0.5, 0.6) is 0 Å². The molecule has 0 bridgehead atoms. The van der Waals surface area contributed by atoms with Gasteiger partial charge in [-0.1, -0.05) is 6.07 Å². The molecule has 110 valence electrons. The standard InChI is InChI=1S/C15H22N2O3/c1-12-3-4-13(11-14(12)15(19)20-2)17-7-5-16(6-8-17)9-10-18/h3-4,11,18H,5-10H2,1-2H3. The summed E-state index contributed by atoms with van der Waals surface area (Å²) in [5, 5.41) is 8.95. The summed E-state index contributed by atoms with van der Waals surface area (Å²) in [5.41, 5.74) is 2.61. The number of hydrogen-bond donors (Lipinski definition) is 1. The maximum Gasteiger partial charge on any atom is 0.338 e. The topological polar surface area (TPSA) is 53.0 Å². The molecule has 1 saturated heterocycles. The fraction of sp³-hybridized carbons (Fsp3) is 0.533. The highest BCUT2D eigenvalue weighted by atomic mass is 16.5. The molecule has 1 fully saturated rings. The Hall–Kier alpha value is -1.59. The molecule has 20 heavy (non-hydrogen) atoms. The molecule has 0 atom stereocenters. The number of benzene rings is 1. The molecule has 0 radical (unpaired) electrons. The number of rotatable bonds is 4. The highest BCUT2D eigenvalue weighted by Crippen LogP contribution is 2.21. The number of aliphatic hydroxyl groups excluding tert-OH is 1. The molecule has 1 aromatic rings. The van der Waals surface area contributed by atoms with Crippen molar-refractivity contribution < 1.29 is 14.6 Å². The summed E-state index contributed by atoms with van der Waals surface area (Å²) in [5.74, 6) is -0.289. The lowest BCUT2D eigenvalue weighted by Crippen LogP contribution is -2.47. The maximum atomic E-state index is 11.7. The fourth-order valence-corrected chi connectivity index (χ4v) is 2.51. The van der Waals surface area contributed by atoms with Crippen molar-refractivity contribution in [3.63, 3.8) is 0 Å². The van der Waals surface area contributed by atoms with Crippen LogP contribution in [0.25, 0.3) is 0 Å². The van der Waals surface area contributed by atoms with Crippen LogP contribution in [-0.2, 0) is 4.74 Å². The minimum absolute atomic E-state index is 0.205. The van der Waals surface area contributed by atoms with Crippen molar-refractivity contribution in [1.82, 2.24) is 4.90 Å². The number of aliphatic hydroxyl groups is 1. The van der Waals surface area contributed by atoms with E-state index in [2.05, 4.69) is 9.80 Å². The minimum Gasteiger partial charge on any atom is -0.465 e. The van der Waals surface area contributed by atoms with Crippen molar-refractivity contribution in [3.05, 3.63) is 29.3 Å². The first-order valence-corrected chi connectivity index (χ1v) is 6.93. The van der Waals surface area contributed by atoms with E-state index >= 15 is 0 Å². The van der Waals surface area contributed by atoms with Gasteiger partial charge in [-0.3, -0.25) is 4.90 Å². The SMILES string of the molecule is COC(=O)c1cc(N2CCN(CCO)CC2)ccc1C. The molecule has 0 spiro atoms. The zero-order valence-electron chi connectivity index (χ0n) is 12.1. The summed E-state index contributed by atoms with van der Waals surface area (Å²) in [6.45, 7) is 6.53. The third-order valence-electron chi connectivity index (χ3n) is 3.78. The van der Waals surface area contributed by atoms with Crippen LogP contribution in [-0.4, -0.2) is 62.4 Å². The number of hydrogen-bond acceptors (Lipinski definition) is 5. The second kappa shape index (κ2) is 6.72. The smallest absolute Gasteiger partial charge is 0.338 e. The molecule has 1 aliphatic heterocycles. The van der Waals surface area contributed by atoms with Crippen LogP contribution >= 0.6 is 0 Å². The van der Waals surface area contributed by atoms with Gasteiger partial charge in [0.2, 0.25) is 0 Å². The molecule has 0 amide bonds. The Bertz CT molecular complexity index is 468. The summed E-state index contributed by atoms with van der Waals surface area (Å²) in [7, 11) is 1.40. The van der Waals surface area contributed by atoms with E-state index in [1.807, 2.05) is 25.1 Å². The molecule has 1 heterocycles. The normalized spacial score (nSPS) is 16.2. The van der Waals surface area contributed by atoms with Crippen molar-refractivity contribution in [3.8, 4) is 0 Å². The minimum atomic E-state index is -0.289. The molecule has 0 saturated carbocycles. The average molecular weight is 278 g/mol. The van der Waals surface area contributed by atoms with Gasteiger partial charge in [-0.25, -0.2) is 4.79 Å². The average Bonchev–Trinajstić information content (AvgIpc) is 2.48. The molecule has 1 aliphatic rings. The molecule has 0 aliphatic carbocycles. The van der Waals surface area contributed by atoms with Crippen molar-refractivity contribution in [2.24, 2.45) is 0 Å². The number of carbonyl (C=O) groups excluding carboxylic acids is 1. The first-order valence-electron chi connectivity index (χ1n) is 6.93. The van der Waals surface area contributed by atoms with E-state index in [1.165, 1.54) is 7.11 Å². The van der Waals surface area contributed by atoms with Crippen molar-refractivity contribution >= 4 is 11.7 Å².